The van der Waals surface area contributed by atoms with Crippen LogP contribution in [0.4, 0.5) is 0 Å². The normalized spacial score (nSPS) is 17.9. The van der Waals surface area contributed by atoms with Crippen LogP contribution in [0.25, 0.3) is 0 Å². The Bertz CT molecular complexity index is 644. The van der Waals surface area contributed by atoms with Crippen molar-refractivity contribution in [1.82, 2.24) is 0 Å². The molecule has 0 fully saturated rings. The molecule has 1 aliphatic carbocycles. The lowest BCUT2D eigenvalue weighted by Crippen LogP contribution is -2.13. The van der Waals surface area contributed by atoms with E-state index in [4.69, 9.17) is 11.6 Å². The highest BCUT2D eigenvalue weighted by molar-refractivity contribution is 6.49. The third-order valence-electron chi connectivity index (χ3n) is 3.21. The monoisotopic (exact) mass is 256 g/mol. The zero-order valence-electron chi connectivity index (χ0n) is 9.39. The first-order valence-electron chi connectivity index (χ1n) is 5.61. The Labute approximate surface area is 109 Å². The molecule has 0 saturated heterocycles. The third kappa shape index (κ3) is 1.57. The second kappa shape index (κ2) is 4.07. The molecule has 2 nitrogen and oxygen atoms in total. The number of ketones is 2. The minimum absolute atomic E-state index is 0.362. The van der Waals surface area contributed by atoms with Gasteiger partial charge >= 0.3 is 0 Å². The summed E-state index contributed by atoms with van der Waals surface area (Å²) in [7, 11) is 0. The van der Waals surface area contributed by atoms with E-state index in [1.807, 2.05) is 12.1 Å². The van der Waals surface area contributed by atoms with Crippen LogP contribution in [-0.4, -0.2) is 11.6 Å². The molecule has 2 aromatic carbocycles. The molecule has 0 radical (unpaired) electrons. The molecule has 0 aromatic heterocycles. The van der Waals surface area contributed by atoms with Gasteiger partial charge in [0.15, 0.2) is 0 Å². The Hall–Kier alpha value is -1.93. The van der Waals surface area contributed by atoms with Crippen molar-refractivity contribution in [3.05, 3.63) is 70.2 Å². The second-order valence-corrected chi connectivity index (χ2v) is 4.70. The lowest BCUT2D eigenvalue weighted by atomic mass is 9.92. The van der Waals surface area contributed by atoms with Gasteiger partial charge in [-0.25, -0.2) is 0 Å². The number of rotatable bonds is 1. The van der Waals surface area contributed by atoms with Crippen molar-refractivity contribution in [2.24, 2.45) is 0 Å². The third-order valence-corrected chi connectivity index (χ3v) is 3.46. The largest absolute Gasteiger partial charge is 0.289 e. The summed E-state index contributed by atoms with van der Waals surface area (Å²) in [5.74, 6) is -1.24. The van der Waals surface area contributed by atoms with Gasteiger partial charge in [0.25, 0.3) is 0 Å². The first-order valence-corrected chi connectivity index (χ1v) is 5.99. The number of benzene rings is 2. The highest BCUT2D eigenvalue weighted by Gasteiger charge is 2.38. The summed E-state index contributed by atoms with van der Waals surface area (Å²) in [6.07, 6.45) is 0. The fourth-order valence-electron chi connectivity index (χ4n) is 2.35. The molecule has 1 aliphatic rings. The van der Waals surface area contributed by atoms with Crippen LogP contribution >= 0.6 is 11.6 Å². The van der Waals surface area contributed by atoms with Gasteiger partial charge in [0, 0.05) is 10.6 Å². The highest BCUT2D eigenvalue weighted by Crippen LogP contribution is 2.35. The van der Waals surface area contributed by atoms with Gasteiger partial charge in [0.05, 0.1) is 5.92 Å². The number of carbonyl (C=O) groups is 2. The smallest absolute Gasteiger partial charge is 0.229 e. The van der Waals surface area contributed by atoms with Crippen LogP contribution in [0, 0.1) is 0 Å². The van der Waals surface area contributed by atoms with Gasteiger partial charge in [-0.15, -0.1) is 0 Å². The van der Waals surface area contributed by atoms with E-state index >= 15 is 0 Å². The molecule has 3 heteroatoms. The Morgan fingerprint density at radius 1 is 0.889 bits per heavy atom. The van der Waals surface area contributed by atoms with Crippen molar-refractivity contribution in [3.63, 3.8) is 0 Å². The molecule has 1 unspecified atom stereocenters. The molecule has 0 heterocycles. The van der Waals surface area contributed by atoms with Crippen molar-refractivity contribution in [3.8, 4) is 0 Å². The molecular formula is C15H9ClO2. The van der Waals surface area contributed by atoms with Crippen LogP contribution in [0.2, 0.25) is 5.02 Å². The number of hydrogen-bond acceptors (Lipinski definition) is 2. The lowest BCUT2D eigenvalue weighted by Gasteiger charge is -2.09. The van der Waals surface area contributed by atoms with Crippen molar-refractivity contribution in [1.29, 1.82) is 0 Å². The molecule has 0 amide bonds. The molecular weight excluding hydrogens is 248 g/mol. The summed E-state index contributed by atoms with van der Waals surface area (Å²) in [6, 6.07) is 14.2. The predicted molar refractivity (Wildman–Crippen MR) is 69.1 cm³/mol. The Morgan fingerprint density at radius 2 is 1.56 bits per heavy atom. The summed E-state index contributed by atoms with van der Waals surface area (Å²) in [4.78, 5) is 23.9. The van der Waals surface area contributed by atoms with E-state index in [0.29, 0.717) is 10.6 Å². The summed E-state index contributed by atoms with van der Waals surface area (Å²) in [5.41, 5.74) is 2.11. The van der Waals surface area contributed by atoms with E-state index in [9.17, 15) is 9.59 Å². The van der Waals surface area contributed by atoms with E-state index in [-0.39, 0.29) is 5.78 Å². The van der Waals surface area contributed by atoms with Gasteiger partial charge in [-0.2, -0.15) is 0 Å². The molecule has 3 rings (SSSR count). The van der Waals surface area contributed by atoms with Gasteiger partial charge in [-0.3, -0.25) is 9.59 Å². The average molecular weight is 257 g/mol. The summed E-state index contributed by atoms with van der Waals surface area (Å²) >= 11 is 5.83. The summed E-state index contributed by atoms with van der Waals surface area (Å²) < 4.78 is 0. The number of carbonyl (C=O) groups excluding carboxylic acids is 2. The zero-order chi connectivity index (χ0) is 12.7. The van der Waals surface area contributed by atoms with Crippen LogP contribution in [0.3, 0.4) is 0 Å². The molecule has 0 bridgehead atoms. The van der Waals surface area contributed by atoms with Crippen LogP contribution in [-0.2, 0) is 4.79 Å². The van der Waals surface area contributed by atoms with Crippen molar-refractivity contribution in [2.75, 3.05) is 0 Å². The van der Waals surface area contributed by atoms with Crippen LogP contribution < -0.4 is 0 Å². The van der Waals surface area contributed by atoms with E-state index in [1.165, 1.54) is 0 Å². The van der Waals surface area contributed by atoms with Gasteiger partial charge in [-0.1, -0.05) is 48.0 Å². The standard InChI is InChI=1S/C15H9ClO2/c16-10-7-5-9(6-8-10)13-11-3-1-2-4-12(11)14(17)15(13)18/h1-8,13H. The van der Waals surface area contributed by atoms with Gasteiger partial charge in [0.1, 0.15) is 0 Å². The maximum absolute atomic E-state index is 12.1. The first-order chi connectivity index (χ1) is 8.68. The van der Waals surface area contributed by atoms with E-state index in [0.717, 1.165) is 11.1 Å². The number of fused-ring (bicyclic) bond motifs is 1. The minimum Gasteiger partial charge on any atom is -0.289 e. The van der Waals surface area contributed by atoms with Crippen molar-refractivity contribution >= 4 is 23.2 Å². The van der Waals surface area contributed by atoms with Crippen molar-refractivity contribution < 1.29 is 9.59 Å². The van der Waals surface area contributed by atoms with E-state index < -0.39 is 11.7 Å². The van der Waals surface area contributed by atoms with Gasteiger partial charge in [0.2, 0.25) is 11.6 Å². The van der Waals surface area contributed by atoms with Crippen molar-refractivity contribution in [2.45, 2.75) is 5.92 Å². The Morgan fingerprint density at radius 3 is 2.28 bits per heavy atom. The Kier molecular flexibility index (Phi) is 2.53. The maximum atomic E-state index is 12.1. The Balaban J connectivity index is 2.16. The maximum Gasteiger partial charge on any atom is 0.229 e. The number of Topliss-reactive ketones (excluding diaryl/α,β-unsaturated/α-hetero) is 2. The molecule has 0 aliphatic heterocycles. The second-order valence-electron chi connectivity index (χ2n) is 4.27. The fourth-order valence-corrected chi connectivity index (χ4v) is 2.47. The highest BCUT2D eigenvalue weighted by atomic mass is 35.5. The van der Waals surface area contributed by atoms with Crippen LogP contribution in [0.5, 0.6) is 0 Å². The molecule has 2 aromatic rings. The van der Waals surface area contributed by atoms with Crippen LogP contribution in [0.1, 0.15) is 27.4 Å². The predicted octanol–water partition coefficient (Wildman–Crippen LogP) is 3.24. The van der Waals surface area contributed by atoms with Gasteiger partial charge < -0.3 is 0 Å². The molecule has 0 spiro atoms. The minimum atomic E-state index is -0.481. The summed E-state index contributed by atoms with van der Waals surface area (Å²) in [5, 5.41) is 0.615. The zero-order valence-corrected chi connectivity index (χ0v) is 10.1. The van der Waals surface area contributed by atoms with E-state index in [2.05, 4.69) is 0 Å². The molecule has 0 N–H and O–H groups in total. The number of hydrogen-bond donors (Lipinski definition) is 0. The van der Waals surface area contributed by atoms with Crippen LogP contribution in [0.15, 0.2) is 48.5 Å². The fraction of sp³-hybridized carbons (Fsp3) is 0.0667. The molecule has 0 saturated carbocycles. The quantitative estimate of drug-likeness (QED) is 0.734. The lowest BCUT2D eigenvalue weighted by molar-refractivity contribution is -0.115. The molecule has 1 atom stereocenters. The van der Waals surface area contributed by atoms with E-state index in [1.54, 1.807) is 36.4 Å². The summed E-state index contributed by atoms with van der Waals surface area (Å²) in [6.45, 7) is 0. The topological polar surface area (TPSA) is 34.1 Å². The first kappa shape index (κ1) is 11.2. The average Bonchev–Trinajstić information content (AvgIpc) is 2.64. The molecule has 88 valence electrons. The number of halogens is 1. The van der Waals surface area contributed by atoms with Gasteiger partial charge in [-0.05, 0) is 23.3 Å². The SMILES string of the molecule is O=C1C(=O)C(c2ccc(Cl)cc2)c2ccccc21. The molecule has 18 heavy (non-hydrogen) atoms.